The zero-order valence-electron chi connectivity index (χ0n) is 34.4. The zero-order chi connectivity index (χ0) is 34.6. The van der Waals surface area contributed by atoms with Crippen molar-refractivity contribution >= 4 is 0 Å². The molecule has 7 aliphatic carbocycles. The van der Waals surface area contributed by atoms with Crippen LogP contribution in [-0.2, 0) is 0 Å². The van der Waals surface area contributed by atoms with Gasteiger partial charge < -0.3 is 0 Å². The van der Waals surface area contributed by atoms with Gasteiger partial charge in [0.2, 0.25) is 0 Å². The highest BCUT2D eigenvalue weighted by Crippen LogP contribution is 2.58. The monoisotopic (exact) mass is 687 g/mol. The van der Waals surface area contributed by atoms with Gasteiger partial charge in [-0.05, 0) is 171 Å². The lowest BCUT2D eigenvalue weighted by atomic mass is 9.53. The van der Waals surface area contributed by atoms with Gasteiger partial charge in [-0.25, -0.2) is 0 Å². The lowest BCUT2D eigenvalue weighted by Crippen LogP contribution is -2.44. The van der Waals surface area contributed by atoms with Crippen molar-refractivity contribution in [2.24, 2.45) is 101 Å². The van der Waals surface area contributed by atoms with Crippen LogP contribution < -0.4 is 0 Å². The normalized spacial score (nSPS) is 47.6. The Morgan fingerprint density at radius 2 is 1.26 bits per heavy atom. The maximum Gasteiger partial charge on any atom is -0.0171 e. The van der Waals surface area contributed by atoms with E-state index >= 15 is 0 Å². The van der Waals surface area contributed by atoms with E-state index in [2.05, 4.69) is 46.8 Å². The van der Waals surface area contributed by atoms with Gasteiger partial charge in [-0.15, -0.1) is 0 Å². The van der Waals surface area contributed by atoms with E-state index in [1.807, 2.05) is 0 Å². The smallest absolute Gasteiger partial charge is 0.0171 e. The van der Waals surface area contributed by atoms with Crippen LogP contribution in [0.4, 0.5) is 0 Å². The summed E-state index contributed by atoms with van der Waals surface area (Å²) < 4.78 is 0. The van der Waals surface area contributed by atoms with E-state index in [-0.39, 0.29) is 0 Å². The van der Waals surface area contributed by atoms with Gasteiger partial charge in [0.1, 0.15) is 0 Å². The van der Waals surface area contributed by atoms with Crippen LogP contribution in [0.2, 0.25) is 0 Å². The van der Waals surface area contributed by atoms with Crippen LogP contribution in [0.25, 0.3) is 0 Å². The maximum atomic E-state index is 2.74. The molecule has 0 heteroatoms. The second-order valence-electron chi connectivity index (χ2n) is 21.0. The van der Waals surface area contributed by atoms with Gasteiger partial charge in [0.05, 0.1) is 0 Å². The van der Waals surface area contributed by atoms with Crippen molar-refractivity contribution in [2.75, 3.05) is 0 Å². The third kappa shape index (κ3) is 8.21. The molecule has 0 aromatic carbocycles. The molecule has 0 amide bonds. The summed E-state index contributed by atoms with van der Waals surface area (Å²) in [5, 5.41) is 0. The second kappa shape index (κ2) is 17.9. The van der Waals surface area contributed by atoms with Gasteiger partial charge in [0.25, 0.3) is 0 Å². The van der Waals surface area contributed by atoms with E-state index in [9.17, 15) is 0 Å². The Bertz CT molecular complexity index is 1040. The molecule has 6 fully saturated rings. The predicted octanol–water partition coefficient (Wildman–Crippen LogP) is 15.4. The first kappa shape index (κ1) is 38.0. The van der Waals surface area contributed by atoms with Gasteiger partial charge in [-0.3, -0.25) is 0 Å². The van der Waals surface area contributed by atoms with Crippen LogP contribution in [0.5, 0.6) is 0 Å². The van der Waals surface area contributed by atoms with Gasteiger partial charge in [-0.2, -0.15) is 0 Å². The molecule has 0 aromatic heterocycles. The first-order chi connectivity index (χ1) is 24.5. The molecule has 0 saturated heterocycles. The van der Waals surface area contributed by atoms with E-state index in [4.69, 9.17) is 0 Å². The summed E-state index contributed by atoms with van der Waals surface area (Å²) in [5.74, 6) is 17.3. The molecule has 0 spiro atoms. The molecule has 17 atom stereocenters. The minimum absolute atomic E-state index is 0.927. The fraction of sp³-hybridized carbons (Fsp3) is 0.960. The summed E-state index contributed by atoms with van der Waals surface area (Å²) >= 11 is 0. The predicted molar refractivity (Wildman–Crippen MR) is 217 cm³/mol. The number of fused-ring (bicyclic) bond motifs is 7. The van der Waals surface area contributed by atoms with Crippen LogP contribution in [0, 0.1) is 101 Å². The van der Waals surface area contributed by atoms with Crippen LogP contribution >= 0.6 is 0 Å². The molecule has 2 bridgehead atoms. The Kier molecular flexibility index (Phi) is 13.6. The SMILES string of the molecule is CCCC(CCCC1C(C)CCC(C)C(C2CCC3CCCCC3C2)C2CCCCC12)C1CCC2C3CCC=CC3C(CCCC1C)C2CC. The Balaban J connectivity index is 1.02. The van der Waals surface area contributed by atoms with Crippen molar-refractivity contribution in [1.29, 1.82) is 0 Å². The van der Waals surface area contributed by atoms with Crippen molar-refractivity contribution in [1.82, 2.24) is 0 Å². The van der Waals surface area contributed by atoms with E-state index in [0.717, 1.165) is 101 Å². The summed E-state index contributed by atoms with van der Waals surface area (Å²) in [4.78, 5) is 0. The Hall–Kier alpha value is -0.260. The average Bonchev–Trinajstić information content (AvgIpc) is 3.43. The molecular weight excluding hydrogens is 601 g/mol. The topological polar surface area (TPSA) is 0 Å². The molecule has 6 saturated carbocycles. The zero-order valence-corrected chi connectivity index (χ0v) is 34.4. The fourth-order valence-electron chi connectivity index (χ4n) is 16.6. The van der Waals surface area contributed by atoms with Gasteiger partial charge >= 0.3 is 0 Å². The van der Waals surface area contributed by atoms with E-state index < -0.39 is 0 Å². The van der Waals surface area contributed by atoms with Crippen LogP contribution in [0.15, 0.2) is 12.2 Å². The third-order valence-corrected chi connectivity index (χ3v) is 18.8. The largest absolute Gasteiger partial charge is 0.0882 e. The quantitative estimate of drug-likeness (QED) is 0.212. The fourth-order valence-corrected chi connectivity index (χ4v) is 16.6. The Morgan fingerprint density at radius 3 is 2.08 bits per heavy atom. The van der Waals surface area contributed by atoms with Crippen molar-refractivity contribution < 1.29 is 0 Å². The molecule has 286 valence electrons. The van der Waals surface area contributed by atoms with Crippen molar-refractivity contribution in [3.63, 3.8) is 0 Å². The lowest BCUT2D eigenvalue weighted by Gasteiger charge is -2.52. The average molecular weight is 687 g/mol. The Labute approximate surface area is 313 Å². The minimum Gasteiger partial charge on any atom is -0.0882 e. The maximum absolute atomic E-state index is 2.74. The third-order valence-electron chi connectivity index (χ3n) is 18.8. The second-order valence-corrected chi connectivity index (χ2v) is 21.0. The highest BCUT2D eigenvalue weighted by molar-refractivity contribution is 5.08. The van der Waals surface area contributed by atoms with Crippen molar-refractivity contribution in [2.45, 2.75) is 202 Å². The van der Waals surface area contributed by atoms with Gasteiger partial charge in [-0.1, -0.05) is 143 Å². The molecule has 7 aliphatic rings. The number of hydrogen-bond acceptors (Lipinski definition) is 0. The molecular formula is C50H86. The molecule has 0 N–H and O–H groups in total. The number of rotatable bonds is 9. The highest BCUT2D eigenvalue weighted by atomic mass is 14.5. The first-order valence-corrected chi connectivity index (χ1v) is 24.1. The molecule has 0 nitrogen and oxygen atoms in total. The van der Waals surface area contributed by atoms with E-state index in [1.165, 1.54) is 89.9 Å². The molecule has 0 aliphatic heterocycles. The van der Waals surface area contributed by atoms with Crippen LogP contribution in [0.1, 0.15) is 202 Å². The summed E-state index contributed by atoms with van der Waals surface area (Å²) in [5.41, 5.74) is 0. The summed E-state index contributed by atoms with van der Waals surface area (Å²) in [7, 11) is 0. The van der Waals surface area contributed by atoms with E-state index in [1.54, 1.807) is 77.0 Å². The van der Waals surface area contributed by atoms with Gasteiger partial charge in [0, 0.05) is 0 Å². The van der Waals surface area contributed by atoms with Crippen molar-refractivity contribution in [3.05, 3.63) is 12.2 Å². The molecule has 0 radical (unpaired) electrons. The summed E-state index contributed by atoms with van der Waals surface area (Å²) in [6.45, 7) is 13.3. The highest BCUT2D eigenvalue weighted by Gasteiger charge is 2.49. The molecule has 7 rings (SSSR count). The standard InChI is InChI=1S/C50H86/c1-6-16-38(42-31-32-48-41(7-2)44(26-14-17-34(42)3)46-22-10-11-23-47(46)48)20-15-25-43-35(4)27-28-36(5)50(49-24-13-12-21-45(43)49)40-30-29-37-18-8-9-19-39(37)33-40/h10,22,34-50H,6-9,11-21,23-33H2,1-5H3. The van der Waals surface area contributed by atoms with E-state index in [0.29, 0.717) is 0 Å². The van der Waals surface area contributed by atoms with Crippen molar-refractivity contribution in [3.8, 4) is 0 Å². The van der Waals surface area contributed by atoms with Crippen LogP contribution in [-0.4, -0.2) is 0 Å². The number of hydrogen-bond donors (Lipinski definition) is 0. The summed E-state index contributed by atoms with van der Waals surface area (Å²) in [6.07, 6.45) is 45.2. The lowest BCUT2D eigenvalue weighted by molar-refractivity contribution is -0.0256. The summed E-state index contributed by atoms with van der Waals surface area (Å²) in [6, 6.07) is 0. The minimum atomic E-state index is 0.927. The number of allylic oxidation sites excluding steroid dienone is 2. The Morgan fingerprint density at radius 1 is 0.540 bits per heavy atom. The van der Waals surface area contributed by atoms with Gasteiger partial charge in [0.15, 0.2) is 0 Å². The molecule has 0 aromatic rings. The first-order valence-electron chi connectivity index (χ1n) is 24.1. The molecule has 0 heterocycles. The molecule has 17 unspecified atom stereocenters. The molecule has 50 heavy (non-hydrogen) atoms. The van der Waals surface area contributed by atoms with Crippen LogP contribution in [0.3, 0.4) is 0 Å².